The minimum absolute atomic E-state index is 0.628. The standard InChI is InChI=1S/C14H21BrN2O2/c1-16-4-3-5-17(2)10-11-8-13-14(9-12(11)15)19-7-6-18-13/h8-9,16H,3-7,10H2,1-2H3. The molecule has 5 heteroatoms. The zero-order valence-electron chi connectivity index (χ0n) is 11.5. The lowest BCUT2D eigenvalue weighted by Crippen LogP contribution is -2.23. The van der Waals surface area contributed by atoms with Crippen LogP contribution in [0.3, 0.4) is 0 Å². The van der Waals surface area contributed by atoms with E-state index >= 15 is 0 Å². The number of nitrogens with one attached hydrogen (secondary N) is 1. The van der Waals surface area contributed by atoms with E-state index in [0.717, 1.165) is 42.0 Å². The second kappa shape index (κ2) is 7.12. The first-order valence-electron chi connectivity index (χ1n) is 6.62. The summed E-state index contributed by atoms with van der Waals surface area (Å²) in [6.45, 7) is 4.28. The molecule has 0 aromatic heterocycles. The molecule has 0 fully saturated rings. The molecule has 1 aliphatic rings. The molecule has 4 nitrogen and oxygen atoms in total. The molecule has 1 aromatic carbocycles. The molecule has 0 saturated carbocycles. The Bertz CT molecular complexity index is 426. The molecule has 0 bridgehead atoms. The summed E-state index contributed by atoms with van der Waals surface area (Å²) in [6.07, 6.45) is 1.15. The maximum Gasteiger partial charge on any atom is 0.162 e. The van der Waals surface area contributed by atoms with E-state index in [4.69, 9.17) is 9.47 Å². The number of ether oxygens (including phenoxy) is 2. The molecule has 19 heavy (non-hydrogen) atoms. The van der Waals surface area contributed by atoms with Crippen LogP contribution in [-0.4, -0.2) is 45.3 Å². The Labute approximate surface area is 123 Å². The van der Waals surface area contributed by atoms with Gasteiger partial charge in [-0.15, -0.1) is 0 Å². The van der Waals surface area contributed by atoms with Crippen molar-refractivity contribution in [1.29, 1.82) is 0 Å². The Morgan fingerprint density at radius 1 is 1.26 bits per heavy atom. The maximum atomic E-state index is 5.62. The van der Waals surface area contributed by atoms with E-state index in [0.29, 0.717) is 13.2 Å². The molecule has 1 aromatic rings. The van der Waals surface area contributed by atoms with Gasteiger partial charge in [0.1, 0.15) is 13.2 Å². The fourth-order valence-corrected chi connectivity index (χ4v) is 2.57. The van der Waals surface area contributed by atoms with Gasteiger partial charge in [-0.05, 0) is 51.3 Å². The highest BCUT2D eigenvalue weighted by Gasteiger charge is 2.15. The predicted molar refractivity (Wildman–Crippen MR) is 80.0 cm³/mol. The Hall–Kier alpha value is -0.780. The van der Waals surface area contributed by atoms with Crippen molar-refractivity contribution in [2.75, 3.05) is 40.4 Å². The summed E-state index contributed by atoms with van der Waals surface area (Å²) in [4.78, 5) is 2.31. The highest BCUT2D eigenvalue weighted by atomic mass is 79.9. The molecule has 0 spiro atoms. The van der Waals surface area contributed by atoms with Crippen LogP contribution in [0, 0.1) is 0 Å². The minimum atomic E-state index is 0.628. The third-order valence-electron chi connectivity index (χ3n) is 3.12. The van der Waals surface area contributed by atoms with Crippen molar-refractivity contribution in [2.45, 2.75) is 13.0 Å². The fraction of sp³-hybridized carbons (Fsp3) is 0.571. The Kier molecular flexibility index (Phi) is 5.48. The number of nitrogens with zero attached hydrogens (tertiary/aromatic N) is 1. The topological polar surface area (TPSA) is 33.7 Å². The number of hydrogen-bond acceptors (Lipinski definition) is 4. The van der Waals surface area contributed by atoms with E-state index in [-0.39, 0.29) is 0 Å². The van der Waals surface area contributed by atoms with Crippen molar-refractivity contribution in [3.63, 3.8) is 0 Å². The first-order valence-corrected chi connectivity index (χ1v) is 7.41. The van der Waals surface area contributed by atoms with Gasteiger partial charge < -0.3 is 19.7 Å². The van der Waals surface area contributed by atoms with Crippen molar-refractivity contribution in [2.24, 2.45) is 0 Å². The van der Waals surface area contributed by atoms with E-state index < -0.39 is 0 Å². The minimum Gasteiger partial charge on any atom is -0.486 e. The normalized spacial score (nSPS) is 13.9. The van der Waals surface area contributed by atoms with E-state index in [2.05, 4.69) is 39.3 Å². The summed E-state index contributed by atoms with van der Waals surface area (Å²) in [5.74, 6) is 1.69. The molecular formula is C14H21BrN2O2. The summed E-state index contributed by atoms with van der Waals surface area (Å²) < 4.78 is 12.3. The second-order valence-corrected chi connectivity index (χ2v) is 5.64. The first-order chi connectivity index (χ1) is 9.20. The van der Waals surface area contributed by atoms with Gasteiger partial charge in [-0.3, -0.25) is 0 Å². The van der Waals surface area contributed by atoms with Gasteiger partial charge in [0.05, 0.1) is 0 Å². The zero-order valence-corrected chi connectivity index (χ0v) is 13.1. The maximum absolute atomic E-state index is 5.62. The summed E-state index contributed by atoms with van der Waals surface area (Å²) in [6, 6.07) is 4.08. The number of halogens is 1. The van der Waals surface area contributed by atoms with Crippen molar-refractivity contribution in [1.82, 2.24) is 10.2 Å². The Balaban J connectivity index is 1.99. The van der Waals surface area contributed by atoms with Crippen LogP contribution >= 0.6 is 15.9 Å². The molecular weight excluding hydrogens is 308 g/mol. The summed E-state index contributed by atoms with van der Waals surface area (Å²) in [5.41, 5.74) is 1.23. The van der Waals surface area contributed by atoms with Gasteiger partial charge >= 0.3 is 0 Å². The zero-order chi connectivity index (χ0) is 13.7. The molecule has 0 radical (unpaired) electrons. The average molecular weight is 329 g/mol. The number of hydrogen-bond donors (Lipinski definition) is 1. The molecule has 1 N–H and O–H groups in total. The third-order valence-corrected chi connectivity index (χ3v) is 3.86. The highest BCUT2D eigenvalue weighted by molar-refractivity contribution is 9.10. The van der Waals surface area contributed by atoms with Gasteiger partial charge in [0.2, 0.25) is 0 Å². The van der Waals surface area contributed by atoms with Crippen LogP contribution in [-0.2, 0) is 6.54 Å². The summed E-state index contributed by atoms with van der Waals surface area (Å²) in [7, 11) is 4.12. The van der Waals surface area contributed by atoms with Gasteiger partial charge in [0.25, 0.3) is 0 Å². The third kappa shape index (κ3) is 4.09. The molecule has 106 valence electrons. The van der Waals surface area contributed by atoms with Crippen LogP contribution in [0.1, 0.15) is 12.0 Å². The molecule has 0 unspecified atom stereocenters. The molecule has 2 rings (SSSR count). The van der Waals surface area contributed by atoms with Crippen molar-refractivity contribution < 1.29 is 9.47 Å². The van der Waals surface area contributed by atoms with Gasteiger partial charge in [0, 0.05) is 11.0 Å². The van der Waals surface area contributed by atoms with E-state index in [1.165, 1.54) is 5.56 Å². The van der Waals surface area contributed by atoms with Crippen LogP contribution < -0.4 is 14.8 Å². The smallest absolute Gasteiger partial charge is 0.162 e. The predicted octanol–water partition coefficient (Wildman–Crippen LogP) is 2.26. The van der Waals surface area contributed by atoms with E-state index in [9.17, 15) is 0 Å². The number of rotatable bonds is 6. The largest absolute Gasteiger partial charge is 0.486 e. The van der Waals surface area contributed by atoms with Gasteiger partial charge in [-0.25, -0.2) is 0 Å². The van der Waals surface area contributed by atoms with Crippen LogP contribution in [0.5, 0.6) is 11.5 Å². The van der Waals surface area contributed by atoms with Crippen LogP contribution in [0.25, 0.3) is 0 Å². The van der Waals surface area contributed by atoms with Crippen LogP contribution in [0.2, 0.25) is 0 Å². The molecule has 1 heterocycles. The molecule has 0 amide bonds. The summed E-state index contributed by atoms with van der Waals surface area (Å²) in [5, 5.41) is 3.17. The average Bonchev–Trinajstić information content (AvgIpc) is 2.40. The van der Waals surface area contributed by atoms with E-state index in [1.807, 2.05) is 13.1 Å². The van der Waals surface area contributed by atoms with E-state index in [1.54, 1.807) is 0 Å². The number of benzene rings is 1. The second-order valence-electron chi connectivity index (χ2n) is 4.78. The molecule has 0 atom stereocenters. The van der Waals surface area contributed by atoms with Crippen LogP contribution in [0.4, 0.5) is 0 Å². The van der Waals surface area contributed by atoms with Gasteiger partial charge in [-0.2, -0.15) is 0 Å². The molecule has 1 aliphatic heterocycles. The Morgan fingerprint density at radius 2 is 1.95 bits per heavy atom. The van der Waals surface area contributed by atoms with Crippen molar-refractivity contribution in [3.05, 3.63) is 22.2 Å². The van der Waals surface area contributed by atoms with Crippen LogP contribution in [0.15, 0.2) is 16.6 Å². The lowest BCUT2D eigenvalue weighted by atomic mass is 10.2. The van der Waals surface area contributed by atoms with Crippen molar-refractivity contribution >= 4 is 15.9 Å². The number of fused-ring (bicyclic) bond motifs is 1. The summed E-state index contributed by atoms with van der Waals surface area (Å²) >= 11 is 3.61. The SMILES string of the molecule is CNCCCN(C)Cc1cc2c(cc1Br)OCCO2. The fourth-order valence-electron chi connectivity index (χ4n) is 2.12. The molecule has 0 saturated heterocycles. The molecule has 0 aliphatic carbocycles. The lowest BCUT2D eigenvalue weighted by molar-refractivity contribution is 0.171. The van der Waals surface area contributed by atoms with Crippen molar-refractivity contribution in [3.8, 4) is 11.5 Å². The monoisotopic (exact) mass is 328 g/mol. The quantitative estimate of drug-likeness (QED) is 0.812. The van der Waals surface area contributed by atoms with Gasteiger partial charge in [-0.1, -0.05) is 15.9 Å². The Morgan fingerprint density at radius 3 is 2.63 bits per heavy atom. The highest BCUT2D eigenvalue weighted by Crippen LogP contribution is 2.35. The van der Waals surface area contributed by atoms with Gasteiger partial charge in [0.15, 0.2) is 11.5 Å². The first kappa shape index (κ1) is 14.6. The lowest BCUT2D eigenvalue weighted by Gasteiger charge is -2.22.